The molecule has 1 aromatic rings. The molecule has 1 N–H and O–H groups in total. The number of halogens is 1. The van der Waals surface area contributed by atoms with Crippen molar-refractivity contribution < 1.29 is 9.90 Å². The Morgan fingerprint density at radius 3 is 2.53 bits per heavy atom. The van der Waals surface area contributed by atoms with Gasteiger partial charge in [-0.2, -0.15) is 0 Å². The molecule has 0 amide bonds. The average Bonchev–Trinajstić information content (AvgIpc) is 2.77. The fourth-order valence-electron chi connectivity index (χ4n) is 2.79. The number of nitrogens with zero attached hydrogens (tertiary/aromatic N) is 1. The lowest BCUT2D eigenvalue weighted by Gasteiger charge is -2.28. The van der Waals surface area contributed by atoms with Gasteiger partial charge in [-0.05, 0) is 59.2 Å². The summed E-state index contributed by atoms with van der Waals surface area (Å²) in [5.41, 5.74) is 0.689. The van der Waals surface area contributed by atoms with Crippen LogP contribution in [0.3, 0.4) is 0 Å². The van der Waals surface area contributed by atoms with Crippen molar-refractivity contribution in [1.82, 2.24) is 4.90 Å². The molecule has 104 valence electrons. The van der Waals surface area contributed by atoms with Crippen LogP contribution in [-0.2, 0) is 11.3 Å². The van der Waals surface area contributed by atoms with Crippen LogP contribution in [-0.4, -0.2) is 29.1 Å². The van der Waals surface area contributed by atoms with Crippen LogP contribution < -0.4 is 0 Å². The normalized spacial score (nSPS) is 24.0. The molecule has 2 rings (SSSR count). The molecule has 3 nitrogen and oxygen atoms in total. The highest BCUT2D eigenvalue weighted by atomic mass is 127. The van der Waals surface area contributed by atoms with Crippen LogP contribution in [0.15, 0.2) is 24.3 Å². The third kappa shape index (κ3) is 3.11. The summed E-state index contributed by atoms with van der Waals surface area (Å²) in [5.74, 6) is -0.473. The van der Waals surface area contributed by atoms with Crippen LogP contribution in [0.1, 0.15) is 25.8 Å². The third-order valence-corrected chi connectivity index (χ3v) is 4.95. The highest BCUT2D eigenvalue weighted by molar-refractivity contribution is 14.1. The third-order valence-electron chi connectivity index (χ3n) is 4.23. The molecule has 0 spiro atoms. The number of aliphatic carboxylic acids is 1. The zero-order valence-electron chi connectivity index (χ0n) is 11.4. The number of likely N-dealkylation sites (tertiary alicyclic amines) is 1. The first-order valence-corrected chi connectivity index (χ1v) is 7.72. The van der Waals surface area contributed by atoms with Crippen LogP contribution in [0, 0.1) is 14.9 Å². The number of hydrogen-bond acceptors (Lipinski definition) is 2. The summed E-state index contributed by atoms with van der Waals surface area (Å²) in [6.45, 7) is 6.41. The highest BCUT2D eigenvalue weighted by Gasteiger charge is 2.46. The number of carboxylic acids is 1. The number of rotatable bonds is 4. The summed E-state index contributed by atoms with van der Waals surface area (Å²) >= 11 is 2.29. The van der Waals surface area contributed by atoms with Crippen LogP contribution >= 0.6 is 22.6 Å². The molecule has 4 heteroatoms. The fourth-order valence-corrected chi connectivity index (χ4v) is 3.15. The second kappa shape index (κ2) is 5.79. The van der Waals surface area contributed by atoms with Crippen molar-refractivity contribution >= 4 is 28.6 Å². The van der Waals surface area contributed by atoms with Crippen molar-refractivity contribution in [3.05, 3.63) is 33.4 Å². The zero-order chi connectivity index (χ0) is 14.0. The second-order valence-electron chi connectivity index (χ2n) is 5.70. The summed E-state index contributed by atoms with van der Waals surface area (Å²) in [6, 6.07) is 8.44. The van der Waals surface area contributed by atoms with Crippen molar-refractivity contribution in [2.45, 2.75) is 26.8 Å². The average molecular weight is 373 g/mol. The number of carbonyl (C=O) groups is 1. The Morgan fingerprint density at radius 1 is 1.42 bits per heavy atom. The van der Waals surface area contributed by atoms with Gasteiger partial charge >= 0.3 is 5.97 Å². The van der Waals surface area contributed by atoms with Crippen molar-refractivity contribution in [2.75, 3.05) is 13.1 Å². The first-order valence-electron chi connectivity index (χ1n) is 6.64. The maximum Gasteiger partial charge on any atom is 0.311 e. The van der Waals surface area contributed by atoms with Gasteiger partial charge in [-0.1, -0.05) is 26.0 Å². The largest absolute Gasteiger partial charge is 0.481 e. The minimum Gasteiger partial charge on any atom is -0.481 e. The molecule has 1 aromatic carbocycles. The molecule has 0 saturated carbocycles. The second-order valence-corrected chi connectivity index (χ2v) is 6.95. The van der Waals surface area contributed by atoms with Gasteiger partial charge in [0.15, 0.2) is 0 Å². The molecule has 0 aliphatic carbocycles. The van der Waals surface area contributed by atoms with E-state index in [-0.39, 0.29) is 5.92 Å². The van der Waals surface area contributed by atoms with Gasteiger partial charge in [-0.15, -0.1) is 0 Å². The van der Waals surface area contributed by atoms with E-state index >= 15 is 0 Å². The molecular formula is C15H20INO2. The minimum absolute atomic E-state index is 0.173. The van der Waals surface area contributed by atoms with E-state index in [1.807, 2.05) is 13.8 Å². The lowest BCUT2D eigenvalue weighted by molar-refractivity contribution is -0.151. The Kier molecular flexibility index (Phi) is 4.50. The van der Waals surface area contributed by atoms with E-state index in [9.17, 15) is 9.90 Å². The first-order chi connectivity index (χ1) is 8.94. The summed E-state index contributed by atoms with van der Waals surface area (Å²) in [7, 11) is 0. The fraction of sp³-hybridized carbons (Fsp3) is 0.533. The molecule has 1 atom stereocenters. The van der Waals surface area contributed by atoms with E-state index < -0.39 is 11.4 Å². The van der Waals surface area contributed by atoms with E-state index in [1.54, 1.807) is 0 Å². The monoisotopic (exact) mass is 373 g/mol. The van der Waals surface area contributed by atoms with Gasteiger partial charge in [-0.3, -0.25) is 9.69 Å². The zero-order valence-corrected chi connectivity index (χ0v) is 13.6. The van der Waals surface area contributed by atoms with E-state index in [0.717, 1.165) is 19.5 Å². The van der Waals surface area contributed by atoms with E-state index in [1.165, 1.54) is 9.13 Å². The van der Waals surface area contributed by atoms with Gasteiger partial charge < -0.3 is 5.11 Å². The Labute approximate surface area is 128 Å². The van der Waals surface area contributed by atoms with Crippen molar-refractivity contribution in [3.63, 3.8) is 0 Å². The summed E-state index contributed by atoms with van der Waals surface area (Å²) in [4.78, 5) is 13.8. The summed E-state index contributed by atoms with van der Waals surface area (Å²) < 4.78 is 1.23. The molecule has 19 heavy (non-hydrogen) atoms. The van der Waals surface area contributed by atoms with Crippen molar-refractivity contribution in [3.8, 4) is 0 Å². The van der Waals surface area contributed by atoms with Crippen molar-refractivity contribution in [2.24, 2.45) is 11.3 Å². The molecule has 1 fully saturated rings. The van der Waals surface area contributed by atoms with Gasteiger partial charge in [0.1, 0.15) is 0 Å². The Hall–Kier alpha value is -0.620. The predicted octanol–water partition coefficient (Wildman–Crippen LogP) is 3.22. The van der Waals surface area contributed by atoms with Gasteiger partial charge in [0, 0.05) is 16.7 Å². The molecular weight excluding hydrogens is 353 g/mol. The van der Waals surface area contributed by atoms with Gasteiger partial charge in [-0.25, -0.2) is 0 Å². The molecule has 1 aliphatic heterocycles. The smallest absolute Gasteiger partial charge is 0.311 e. The van der Waals surface area contributed by atoms with Crippen LogP contribution in [0.25, 0.3) is 0 Å². The molecule has 0 radical (unpaired) electrons. The number of carboxylic acid groups (broad SMARTS) is 1. The Balaban J connectivity index is 2.05. The molecule has 1 aliphatic rings. The summed E-state index contributed by atoms with van der Waals surface area (Å²) in [5, 5.41) is 9.53. The van der Waals surface area contributed by atoms with Crippen LogP contribution in [0.5, 0.6) is 0 Å². The Bertz CT molecular complexity index is 458. The van der Waals surface area contributed by atoms with E-state index in [4.69, 9.17) is 0 Å². The standard InChI is InChI=1S/C15H20INO2/c1-11(2)15(14(18)19)7-8-17(10-15)9-12-3-5-13(16)6-4-12/h3-6,11H,7-10H2,1-2H3,(H,18,19). The minimum atomic E-state index is -0.646. The van der Waals surface area contributed by atoms with E-state index in [2.05, 4.69) is 51.8 Å². The lowest BCUT2D eigenvalue weighted by atomic mass is 9.76. The topological polar surface area (TPSA) is 40.5 Å². The first kappa shape index (κ1) is 14.8. The Morgan fingerprint density at radius 2 is 2.05 bits per heavy atom. The van der Waals surface area contributed by atoms with Crippen LogP contribution in [0.2, 0.25) is 0 Å². The van der Waals surface area contributed by atoms with Gasteiger partial charge in [0.2, 0.25) is 0 Å². The quantitative estimate of drug-likeness (QED) is 0.824. The van der Waals surface area contributed by atoms with E-state index in [0.29, 0.717) is 6.54 Å². The SMILES string of the molecule is CC(C)C1(C(=O)O)CCN(Cc2ccc(I)cc2)C1. The maximum atomic E-state index is 11.6. The van der Waals surface area contributed by atoms with Gasteiger partial charge in [0.25, 0.3) is 0 Å². The van der Waals surface area contributed by atoms with Gasteiger partial charge in [0.05, 0.1) is 5.41 Å². The lowest BCUT2D eigenvalue weighted by Crippen LogP contribution is -2.39. The molecule has 0 aromatic heterocycles. The van der Waals surface area contributed by atoms with Crippen LogP contribution in [0.4, 0.5) is 0 Å². The molecule has 0 bridgehead atoms. The maximum absolute atomic E-state index is 11.6. The molecule has 1 heterocycles. The summed E-state index contributed by atoms with van der Waals surface area (Å²) in [6.07, 6.45) is 0.754. The highest BCUT2D eigenvalue weighted by Crippen LogP contribution is 2.38. The van der Waals surface area contributed by atoms with Crippen molar-refractivity contribution in [1.29, 1.82) is 0 Å². The predicted molar refractivity (Wildman–Crippen MR) is 84.0 cm³/mol. The number of benzene rings is 1. The molecule has 1 saturated heterocycles. The molecule has 1 unspecified atom stereocenters. The number of hydrogen-bond donors (Lipinski definition) is 1.